The van der Waals surface area contributed by atoms with Gasteiger partial charge in [0.1, 0.15) is 25.0 Å². The van der Waals surface area contributed by atoms with Crippen molar-refractivity contribution in [3.05, 3.63) is 35.4 Å². The summed E-state index contributed by atoms with van der Waals surface area (Å²) in [6.07, 6.45) is 1.28. The molecule has 5 heteroatoms. The maximum absolute atomic E-state index is 10.6. The predicted molar refractivity (Wildman–Crippen MR) is 77.4 cm³/mol. The van der Waals surface area contributed by atoms with Crippen LogP contribution in [0.25, 0.3) is 6.08 Å². The Kier molecular flexibility index (Phi) is 6.99. The van der Waals surface area contributed by atoms with Crippen LogP contribution < -0.4 is 14.7 Å². The van der Waals surface area contributed by atoms with E-state index in [1.165, 1.54) is 11.0 Å². The minimum atomic E-state index is -1.47. The van der Waals surface area contributed by atoms with E-state index >= 15 is 0 Å². The van der Waals surface area contributed by atoms with Gasteiger partial charge in [-0.25, -0.2) is 0 Å². The van der Waals surface area contributed by atoms with Crippen molar-refractivity contribution in [3.8, 4) is 11.8 Å². The summed E-state index contributed by atoms with van der Waals surface area (Å²) in [7, 11) is 0. The van der Waals surface area contributed by atoms with E-state index in [0.717, 1.165) is 25.4 Å². The molecule has 5 nitrogen and oxygen atoms in total. The minimum Gasteiger partial charge on any atom is -0.544 e. The van der Waals surface area contributed by atoms with Crippen molar-refractivity contribution >= 4 is 12.0 Å². The molecule has 0 unspecified atom stereocenters. The highest BCUT2D eigenvalue weighted by atomic mass is 16.5. The number of quaternary nitrogens is 1. The summed E-state index contributed by atoms with van der Waals surface area (Å²) in [6.45, 7) is 8.01. The van der Waals surface area contributed by atoms with Gasteiger partial charge in [0, 0.05) is 0 Å². The number of likely N-dealkylation sites (N-methyl/N-ethyl adjacent to an activating group) is 1. The molecule has 0 spiro atoms. The smallest absolute Gasteiger partial charge is 0.137 e. The highest BCUT2D eigenvalue weighted by Gasteiger charge is 2.03. The van der Waals surface area contributed by atoms with Crippen molar-refractivity contribution < 1.29 is 19.5 Å². The van der Waals surface area contributed by atoms with Crippen LogP contribution in [0.1, 0.15) is 19.4 Å². The molecule has 0 aliphatic rings. The van der Waals surface area contributed by atoms with Crippen LogP contribution in [0.15, 0.2) is 29.8 Å². The number of carboxylic acids is 1. The first-order chi connectivity index (χ1) is 10.1. The quantitative estimate of drug-likeness (QED) is 0.524. The van der Waals surface area contributed by atoms with Gasteiger partial charge in [-0.3, -0.25) is 0 Å². The molecule has 1 aromatic carbocycles. The monoisotopic (exact) mass is 288 g/mol. The van der Waals surface area contributed by atoms with Crippen LogP contribution in [-0.2, 0) is 4.79 Å². The first-order valence-corrected chi connectivity index (χ1v) is 7.00. The fourth-order valence-electron chi connectivity index (χ4n) is 1.88. The van der Waals surface area contributed by atoms with Crippen molar-refractivity contribution in [2.45, 2.75) is 13.8 Å². The van der Waals surface area contributed by atoms with Gasteiger partial charge in [-0.05, 0) is 37.6 Å². The summed E-state index contributed by atoms with van der Waals surface area (Å²) in [5, 5.41) is 19.3. The van der Waals surface area contributed by atoms with Gasteiger partial charge in [-0.15, -0.1) is 0 Å². The van der Waals surface area contributed by atoms with E-state index in [0.29, 0.717) is 12.2 Å². The van der Waals surface area contributed by atoms with E-state index in [1.807, 2.05) is 0 Å². The minimum absolute atomic E-state index is 0.395. The third-order valence-corrected chi connectivity index (χ3v) is 3.26. The Morgan fingerprint density at radius 1 is 1.33 bits per heavy atom. The maximum atomic E-state index is 10.6. The SMILES string of the molecule is CC[NH+](CC)CCOc1ccc(/C=C(\C#N)C(=O)[O-])cc1. The van der Waals surface area contributed by atoms with Gasteiger partial charge in [0.2, 0.25) is 0 Å². The molecular formula is C16H20N2O3. The molecule has 21 heavy (non-hydrogen) atoms. The number of carbonyl (C=O) groups excluding carboxylic acids is 1. The number of ether oxygens (including phenoxy) is 1. The van der Waals surface area contributed by atoms with Crippen molar-refractivity contribution in [2.24, 2.45) is 0 Å². The second-order valence-corrected chi connectivity index (χ2v) is 4.58. The number of hydrogen-bond acceptors (Lipinski definition) is 4. The highest BCUT2D eigenvalue weighted by molar-refractivity contribution is 5.95. The Morgan fingerprint density at radius 3 is 2.43 bits per heavy atom. The van der Waals surface area contributed by atoms with Gasteiger partial charge >= 0.3 is 0 Å². The fourth-order valence-corrected chi connectivity index (χ4v) is 1.88. The zero-order chi connectivity index (χ0) is 15.7. The molecule has 0 saturated carbocycles. The number of aliphatic carboxylic acids is 1. The zero-order valence-corrected chi connectivity index (χ0v) is 12.4. The predicted octanol–water partition coefficient (Wildman–Crippen LogP) is -0.353. The molecule has 0 amide bonds. The summed E-state index contributed by atoms with van der Waals surface area (Å²) in [5.41, 5.74) is 0.228. The molecule has 112 valence electrons. The Labute approximate surface area is 125 Å². The third-order valence-electron chi connectivity index (χ3n) is 3.26. The van der Waals surface area contributed by atoms with Crippen LogP contribution in [-0.4, -0.2) is 32.2 Å². The highest BCUT2D eigenvalue weighted by Crippen LogP contribution is 2.14. The van der Waals surface area contributed by atoms with Crippen molar-refractivity contribution in [1.82, 2.24) is 0 Å². The lowest BCUT2D eigenvalue weighted by atomic mass is 10.1. The lowest BCUT2D eigenvalue weighted by Crippen LogP contribution is -3.12. The van der Waals surface area contributed by atoms with Gasteiger partial charge < -0.3 is 19.5 Å². The van der Waals surface area contributed by atoms with Crippen molar-refractivity contribution in [3.63, 3.8) is 0 Å². The lowest BCUT2D eigenvalue weighted by molar-refractivity contribution is -0.896. The number of benzene rings is 1. The maximum Gasteiger partial charge on any atom is 0.137 e. The van der Waals surface area contributed by atoms with E-state index in [1.54, 1.807) is 30.3 Å². The van der Waals surface area contributed by atoms with E-state index in [4.69, 9.17) is 10.00 Å². The summed E-state index contributed by atoms with van der Waals surface area (Å²) < 4.78 is 5.64. The second-order valence-electron chi connectivity index (χ2n) is 4.58. The molecule has 0 saturated heterocycles. The first-order valence-electron chi connectivity index (χ1n) is 7.00. The van der Waals surface area contributed by atoms with Gasteiger partial charge in [0.05, 0.1) is 24.6 Å². The first kappa shape index (κ1) is 16.7. The van der Waals surface area contributed by atoms with E-state index in [9.17, 15) is 9.90 Å². The standard InChI is InChI=1S/C16H20N2O3/c1-3-18(4-2)9-10-21-15-7-5-13(6-8-15)11-14(12-17)16(19)20/h5-8,11H,3-4,9-10H2,1-2H3,(H,19,20)/b14-11+. The van der Waals surface area contributed by atoms with E-state index in [-0.39, 0.29) is 0 Å². The largest absolute Gasteiger partial charge is 0.544 e. The Morgan fingerprint density at radius 2 is 1.95 bits per heavy atom. The number of hydrogen-bond donors (Lipinski definition) is 1. The molecule has 0 fully saturated rings. The van der Waals surface area contributed by atoms with Crippen molar-refractivity contribution in [2.75, 3.05) is 26.2 Å². The number of nitrogens with zero attached hydrogens (tertiary/aromatic N) is 1. The van der Waals surface area contributed by atoms with Crippen LogP contribution in [0.2, 0.25) is 0 Å². The molecule has 0 bridgehead atoms. The molecule has 0 heterocycles. The normalized spacial score (nSPS) is 11.2. The number of carboxylic acid groups (broad SMARTS) is 1. The summed E-state index contributed by atoms with van der Waals surface area (Å²) in [5.74, 6) is -0.745. The van der Waals surface area contributed by atoms with Gasteiger partial charge in [0.15, 0.2) is 0 Å². The number of nitrogens with one attached hydrogen (secondary N) is 1. The summed E-state index contributed by atoms with van der Waals surface area (Å²) >= 11 is 0. The van der Waals surface area contributed by atoms with E-state index in [2.05, 4.69) is 13.8 Å². The molecular weight excluding hydrogens is 268 g/mol. The van der Waals surface area contributed by atoms with Gasteiger partial charge in [-0.1, -0.05) is 12.1 Å². The van der Waals surface area contributed by atoms with Crippen LogP contribution in [0, 0.1) is 11.3 Å². The van der Waals surface area contributed by atoms with Crippen molar-refractivity contribution in [1.29, 1.82) is 5.26 Å². The van der Waals surface area contributed by atoms with Gasteiger partial charge in [0.25, 0.3) is 0 Å². The van der Waals surface area contributed by atoms with Crippen LogP contribution >= 0.6 is 0 Å². The fraction of sp³-hybridized carbons (Fsp3) is 0.375. The molecule has 0 radical (unpaired) electrons. The topological polar surface area (TPSA) is 77.6 Å². The van der Waals surface area contributed by atoms with Crippen LogP contribution in [0.3, 0.4) is 0 Å². The number of nitriles is 1. The lowest BCUT2D eigenvalue weighted by Gasteiger charge is -2.15. The molecule has 0 atom stereocenters. The molecule has 0 aliphatic heterocycles. The number of rotatable bonds is 8. The second kappa shape index (κ2) is 8.77. The Hall–Kier alpha value is -2.32. The molecule has 0 aromatic heterocycles. The molecule has 0 aliphatic carbocycles. The summed E-state index contributed by atoms with van der Waals surface area (Å²) in [6, 6.07) is 8.52. The summed E-state index contributed by atoms with van der Waals surface area (Å²) in [4.78, 5) is 12.1. The molecule has 1 rings (SSSR count). The van der Waals surface area contributed by atoms with Gasteiger partial charge in [-0.2, -0.15) is 5.26 Å². The average molecular weight is 288 g/mol. The average Bonchev–Trinajstić information content (AvgIpc) is 2.50. The Balaban J connectivity index is 2.59. The van der Waals surface area contributed by atoms with Crippen LogP contribution in [0.5, 0.6) is 5.75 Å². The zero-order valence-electron chi connectivity index (χ0n) is 12.4. The molecule has 1 aromatic rings. The Bertz CT molecular complexity index is 525. The third kappa shape index (κ3) is 5.67. The number of carbonyl (C=O) groups is 1. The molecule has 1 N–H and O–H groups in total. The van der Waals surface area contributed by atoms with Crippen LogP contribution in [0.4, 0.5) is 0 Å². The van der Waals surface area contributed by atoms with E-state index < -0.39 is 11.5 Å².